The third-order valence-electron chi connectivity index (χ3n) is 3.91. The zero-order valence-corrected chi connectivity index (χ0v) is 15.7. The highest BCUT2D eigenvalue weighted by Crippen LogP contribution is 2.28. The van der Waals surface area contributed by atoms with Crippen LogP contribution in [0.1, 0.15) is 12.5 Å². The van der Waals surface area contributed by atoms with Gasteiger partial charge in [-0.3, -0.25) is 9.36 Å². The number of carbonyl (C=O) groups excluding carboxylic acids is 1. The Morgan fingerprint density at radius 3 is 2.69 bits per heavy atom. The number of aryl methyl sites for hydroxylation is 1. The summed E-state index contributed by atoms with van der Waals surface area (Å²) in [6.07, 6.45) is 1.66. The molecule has 134 valence electrons. The van der Waals surface area contributed by atoms with Gasteiger partial charge in [0.2, 0.25) is 5.91 Å². The SMILES string of the molecule is COc1ccccc1NC(=O)C(C)Sc1nncn1-c1ccccc1C. The molecule has 0 saturated heterocycles. The van der Waals surface area contributed by atoms with E-state index in [2.05, 4.69) is 15.5 Å². The number of nitrogens with one attached hydrogen (secondary N) is 1. The Labute approximate surface area is 156 Å². The minimum atomic E-state index is -0.355. The van der Waals surface area contributed by atoms with Crippen molar-refractivity contribution in [1.82, 2.24) is 14.8 Å². The van der Waals surface area contributed by atoms with E-state index in [-0.39, 0.29) is 11.2 Å². The molecule has 0 radical (unpaired) electrons. The summed E-state index contributed by atoms with van der Waals surface area (Å²) in [5.74, 6) is 0.500. The smallest absolute Gasteiger partial charge is 0.237 e. The van der Waals surface area contributed by atoms with Gasteiger partial charge < -0.3 is 10.1 Å². The van der Waals surface area contributed by atoms with Gasteiger partial charge in [-0.2, -0.15) is 0 Å². The highest BCUT2D eigenvalue weighted by Gasteiger charge is 2.20. The summed E-state index contributed by atoms with van der Waals surface area (Å²) in [6, 6.07) is 15.3. The van der Waals surface area contributed by atoms with E-state index in [0.717, 1.165) is 11.3 Å². The Morgan fingerprint density at radius 1 is 1.19 bits per heavy atom. The number of nitrogens with zero attached hydrogens (tertiary/aromatic N) is 3. The fourth-order valence-electron chi connectivity index (χ4n) is 2.50. The van der Waals surface area contributed by atoms with Crippen molar-refractivity contribution in [2.45, 2.75) is 24.3 Å². The molecule has 3 aromatic rings. The quantitative estimate of drug-likeness (QED) is 0.672. The number of amides is 1. The number of benzene rings is 2. The van der Waals surface area contributed by atoms with Gasteiger partial charge in [-0.25, -0.2) is 0 Å². The summed E-state index contributed by atoms with van der Waals surface area (Å²) in [5.41, 5.74) is 2.76. The summed E-state index contributed by atoms with van der Waals surface area (Å²) in [6.45, 7) is 3.87. The molecule has 0 fully saturated rings. The lowest BCUT2D eigenvalue weighted by molar-refractivity contribution is -0.115. The Hall–Kier alpha value is -2.80. The Balaban J connectivity index is 1.75. The van der Waals surface area contributed by atoms with Crippen molar-refractivity contribution in [2.24, 2.45) is 0 Å². The molecule has 3 rings (SSSR count). The Kier molecular flexibility index (Phi) is 5.58. The minimum Gasteiger partial charge on any atom is -0.495 e. The van der Waals surface area contributed by atoms with Crippen LogP contribution in [0, 0.1) is 6.92 Å². The molecule has 1 N–H and O–H groups in total. The first-order valence-corrected chi connectivity index (χ1v) is 9.04. The third kappa shape index (κ3) is 3.88. The lowest BCUT2D eigenvalue weighted by Gasteiger charge is -2.14. The molecule has 7 heteroatoms. The van der Waals surface area contributed by atoms with Gasteiger partial charge >= 0.3 is 0 Å². The van der Waals surface area contributed by atoms with E-state index < -0.39 is 0 Å². The van der Waals surface area contributed by atoms with Crippen LogP contribution in [0.5, 0.6) is 5.75 Å². The molecule has 0 spiro atoms. The number of rotatable bonds is 6. The summed E-state index contributed by atoms with van der Waals surface area (Å²) in [5, 5.41) is 11.4. The summed E-state index contributed by atoms with van der Waals surface area (Å²) >= 11 is 1.36. The molecule has 26 heavy (non-hydrogen) atoms. The lowest BCUT2D eigenvalue weighted by atomic mass is 10.2. The number of thioether (sulfide) groups is 1. The van der Waals surface area contributed by atoms with Gasteiger partial charge in [-0.05, 0) is 37.6 Å². The van der Waals surface area contributed by atoms with Crippen molar-refractivity contribution in [1.29, 1.82) is 0 Å². The molecule has 0 aliphatic rings. The zero-order chi connectivity index (χ0) is 18.5. The predicted octanol–water partition coefficient (Wildman–Crippen LogP) is 3.70. The van der Waals surface area contributed by atoms with Crippen molar-refractivity contribution in [3.05, 3.63) is 60.4 Å². The molecule has 1 heterocycles. The van der Waals surface area contributed by atoms with E-state index in [1.165, 1.54) is 11.8 Å². The maximum absolute atomic E-state index is 12.6. The molecular formula is C19H20N4O2S. The fourth-order valence-corrected chi connectivity index (χ4v) is 3.33. The molecule has 1 amide bonds. The number of aromatic nitrogens is 3. The number of ether oxygens (including phenoxy) is 1. The highest BCUT2D eigenvalue weighted by molar-refractivity contribution is 8.00. The largest absolute Gasteiger partial charge is 0.495 e. The van der Waals surface area contributed by atoms with Crippen LogP contribution in [0.25, 0.3) is 5.69 Å². The van der Waals surface area contributed by atoms with Crippen LogP contribution in [-0.2, 0) is 4.79 Å². The van der Waals surface area contributed by atoms with Crippen LogP contribution in [0.2, 0.25) is 0 Å². The van der Waals surface area contributed by atoms with Crippen LogP contribution >= 0.6 is 11.8 Å². The maximum atomic E-state index is 12.6. The predicted molar refractivity (Wildman–Crippen MR) is 103 cm³/mol. The molecule has 0 aliphatic heterocycles. The first-order chi connectivity index (χ1) is 12.6. The maximum Gasteiger partial charge on any atom is 0.237 e. The molecule has 1 aromatic heterocycles. The number of hydrogen-bond donors (Lipinski definition) is 1. The van der Waals surface area contributed by atoms with Crippen LogP contribution in [-0.4, -0.2) is 33.0 Å². The normalized spacial score (nSPS) is 11.8. The summed E-state index contributed by atoms with van der Waals surface area (Å²) in [4.78, 5) is 12.6. The molecule has 0 aliphatic carbocycles. The minimum absolute atomic E-state index is 0.126. The number of hydrogen-bond acceptors (Lipinski definition) is 5. The first-order valence-electron chi connectivity index (χ1n) is 8.16. The van der Waals surface area contributed by atoms with Gasteiger partial charge in [-0.1, -0.05) is 42.1 Å². The number of anilines is 1. The van der Waals surface area contributed by atoms with Crippen molar-refractivity contribution >= 4 is 23.4 Å². The fraction of sp³-hybridized carbons (Fsp3) is 0.211. The molecule has 0 bridgehead atoms. The van der Waals surface area contributed by atoms with E-state index in [0.29, 0.717) is 16.6 Å². The van der Waals surface area contributed by atoms with Crippen LogP contribution in [0.3, 0.4) is 0 Å². The Bertz CT molecular complexity index is 910. The average molecular weight is 368 g/mol. The van der Waals surface area contributed by atoms with Gasteiger partial charge in [0.1, 0.15) is 12.1 Å². The standard InChI is InChI=1S/C19H20N4O2S/c1-13-8-4-6-10-16(13)23-12-20-22-19(23)26-14(2)18(24)21-15-9-5-7-11-17(15)25-3/h4-12,14H,1-3H3,(H,21,24). The highest BCUT2D eigenvalue weighted by atomic mass is 32.2. The monoisotopic (exact) mass is 368 g/mol. The first kappa shape index (κ1) is 18.0. The van der Waals surface area contributed by atoms with Crippen molar-refractivity contribution in [3.63, 3.8) is 0 Å². The molecule has 2 aromatic carbocycles. The summed E-state index contributed by atoms with van der Waals surface area (Å²) in [7, 11) is 1.58. The van der Waals surface area contributed by atoms with Crippen molar-refractivity contribution < 1.29 is 9.53 Å². The van der Waals surface area contributed by atoms with Gasteiger partial charge in [0, 0.05) is 0 Å². The number of carbonyl (C=O) groups is 1. The van der Waals surface area contributed by atoms with Crippen molar-refractivity contribution in [2.75, 3.05) is 12.4 Å². The molecule has 0 saturated carbocycles. The van der Waals surface area contributed by atoms with Crippen molar-refractivity contribution in [3.8, 4) is 11.4 Å². The molecular weight excluding hydrogens is 348 g/mol. The van der Waals surface area contributed by atoms with Gasteiger partial charge in [0.05, 0.1) is 23.7 Å². The van der Waals surface area contributed by atoms with E-state index >= 15 is 0 Å². The van der Waals surface area contributed by atoms with E-state index in [1.807, 2.05) is 66.9 Å². The van der Waals surface area contributed by atoms with Gasteiger partial charge in [0.15, 0.2) is 5.16 Å². The zero-order valence-electron chi connectivity index (χ0n) is 14.8. The van der Waals surface area contributed by atoms with E-state index in [9.17, 15) is 4.79 Å². The second kappa shape index (κ2) is 8.05. The topological polar surface area (TPSA) is 69.0 Å². The van der Waals surface area contributed by atoms with Crippen LogP contribution in [0.4, 0.5) is 5.69 Å². The van der Waals surface area contributed by atoms with Gasteiger partial charge in [0.25, 0.3) is 0 Å². The van der Waals surface area contributed by atoms with Crippen LogP contribution in [0.15, 0.2) is 60.0 Å². The van der Waals surface area contributed by atoms with Gasteiger partial charge in [-0.15, -0.1) is 10.2 Å². The number of para-hydroxylation sites is 3. The second-order valence-corrected chi connectivity index (χ2v) is 7.03. The molecule has 6 nitrogen and oxygen atoms in total. The Morgan fingerprint density at radius 2 is 1.92 bits per heavy atom. The average Bonchev–Trinajstić information content (AvgIpc) is 3.10. The second-order valence-electron chi connectivity index (χ2n) is 5.72. The van der Waals surface area contributed by atoms with Crippen LogP contribution < -0.4 is 10.1 Å². The molecule has 1 unspecified atom stereocenters. The van der Waals surface area contributed by atoms with E-state index in [1.54, 1.807) is 13.4 Å². The lowest BCUT2D eigenvalue weighted by Crippen LogP contribution is -2.23. The number of methoxy groups -OCH3 is 1. The summed E-state index contributed by atoms with van der Waals surface area (Å²) < 4.78 is 7.17. The third-order valence-corrected chi connectivity index (χ3v) is 4.96. The van der Waals surface area contributed by atoms with E-state index in [4.69, 9.17) is 4.74 Å². The molecule has 1 atom stereocenters.